The summed E-state index contributed by atoms with van der Waals surface area (Å²) in [6, 6.07) is 4.15. The van der Waals surface area contributed by atoms with E-state index in [-0.39, 0.29) is 39.9 Å². The fourth-order valence-corrected chi connectivity index (χ4v) is 3.78. The Bertz CT molecular complexity index is 1400. The highest BCUT2D eigenvalue weighted by molar-refractivity contribution is 6.37. The molecule has 1 aliphatic heterocycles. The molecule has 3 rings (SSSR count). The van der Waals surface area contributed by atoms with Crippen molar-refractivity contribution in [2.24, 2.45) is 11.0 Å². The van der Waals surface area contributed by atoms with Crippen LogP contribution >= 0.6 is 23.2 Å². The summed E-state index contributed by atoms with van der Waals surface area (Å²) in [5.74, 6) is -0.225. The van der Waals surface area contributed by atoms with E-state index in [1.165, 1.54) is 25.1 Å². The van der Waals surface area contributed by atoms with Crippen LogP contribution in [0.3, 0.4) is 0 Å². The third-order valence-corrected chi connectivity index (χ3v) is 5.55. The zero-order valence-electron chi connectivity index (χ0n) is 20.1. The summed E-state index contributed by atoms with van der Waals surface area (Å²) >= 11 is 12.8. The van der Waals surface area contributed by atoms with Crippen molar-refractivity contribution in [1.29, 1.82) is 5.26 Å². The van der Waals surface area contributed by atoms with Gasteiger partial charge in [-0.3, -0.25) is 9.78 Å². The minimum atomic E-state index is -1.22. The van der Waals surface area contributed by atoms with Gasteiger partial charge in [-0.15, -0.1) is 10.2 Å². The molecule has 0 amide bonds. The summed E-state index contributed by atoms with van der Waals surface area (Å²) < 4.78 is 16.5. The Kier molecular flexibility index (Phi) is 8.59. The van der Waals surface area contributed by atoms with E-state index in [9.17, 15) is 19.5 Å². The first-order chi connectivity index (χ1) is 17.5. The van der Waals surface area contributed by atoms with Gasteiger partial charge in [-0.25, -0.2) is 14.6 Å². The van der Waals surface area contributed by atoms with Gasteiger partial charge >= 0.3 is 11.8 Å². The zero-order chi connectivity index (χ0) is 27.4. The molecule has 0 radical (unpaired) electrons. The lowest BCUT2D eigenvalue weighted by atomic mass is 10.00. The number of benzene rings is 1. The number of hydrogen-bond acceptors (Lipinski definition) is 11. The lowest BCUT2D eigenvalue weighted by Gasteiger charge is -2.35. The van der Waals surface area contributed by atoms with Gasteiger partial charge in [0.05, 0.1) is 22.3 Å². The summed E-state index contributed by atoms with van der Waals surface area (Å²) in [5.41, 5.74) is -1.82. The third-order valence-electron chi connectivity index (χ3n) is 4.99. The number of aromatic amines is 1. The van der Waals surface area contributed by atoms with E-state index < -0.39 is 35.6 Å². The highest BCUT2D eigenvalue weighted by Crippen LogP contribution is 2.36. The number of rotatable bonds is 6. The van der Waals surface area contributed by atoms with Gasteiger partial charge in [0.15, 0.2) is 18.2 Å². The number of halogens is 2. The predicted molar refractivity (Wildman–Crippen MR) is 132 cm³/mol. The normalized spacial score (nSPS) is 16.0. The molecule has 196 valence electrons. The van der Waals surface area contributed by atoms with E-state index in [0.717, 1.165) is 9.69 Å². The molecule has 2 heterocycles. The monoisotopic (exact) mass is 552 g/mol. The van der Waals surface area contributed by atoms with Crippen molar-refractivity contribution in [1.82, 2.24) is 19.8 Å². The van der Waals surface area contributed by atoms with Crippen LogP contribution in [0.1, 0.15) is 33.4 Å². The first-order valence-electron chi connectivity index (χ1n) is 10.9. The lowest BCUT2D eigenvalue weighted by Crippen LogP contribution is -2.45. The fourth-order valence-electron chi connectivity index (χ4n) is 3.23. The van der Waals surface area contributed by atoms with E-state index >= 15 is 0 Å². The Morgan fingerprint density at radius 2 is 1.92 bits per heavy atom. The molecule has 0 saturated heterocycles. The van der Waals surface area contributed by atoms with Crippen molar-refractivity contribution in [3.8, 4) is 17.5 Å². The predicted octanol–water partition coefficient (Wildman–Crippen LogP) is 2.53. The Morgan fingerprint density at radius 1 is 1.27 bits per heavy atom. The molecule has 2 atom stereocenters. The molecule has 1 aliphatic rings. The number of aromatic nitrogens is 3. The number of carbonyl (C=O) groups is 1. The quantitative estimate of drug-likeness (QED) is 0.507. The van der Waals surface area contributed by atoms with E-state index in [1.54, 1.807) is 13.0 Å². The standard InChI is InChI=1S/C22H22Cl2N6O7/c1-5-35-22(34)36-11(4)29-20(32)13(10(2)3)8-17(28-29)37-18-14(23)6-12(7-15(18)24)30-21(33)26-19(31)16(9-25)27-30/h6-8,10-11,20,32H,5H2,1-4H3,(H,26,31,33). The van der Waals surface area contributed by atoms with Crippen LogP contribution in [0.2, 0.25) is 10.0 Å². The molecule has 2 aromatic rings. The van der Waals surface area contributed by atoms with Crippen LogP contribution in [0.5, 0.6) is 5.75 Å². The van der Waals surface area contributed by atoms with E-state index in [0.29, 0.717) is 5.57 Å². The molecule has 1 aromatic carbocycles. The maximum atomic E-state index is 12.2. The highest BCUT2D eigenvalue weighted by Gasteiger charge is 2.32. The Balaban J connectivity index is 1.98. The number of nitrogens with one attached hydrogen (secondary N) is 1. The average molecular weight is 553 g/mol. The molecule has 2 unspecified atom stereocenters. The van der Waals surface area contributed by atoms with Gasteiger partial charge in [0.25, 0.3) is 5.56 Å². The Hall–Kier alpha value is -3.86. The van der Waals surface area contributed by atoms with E-state index in [2.05, 4.69) is 10.2 Å². The maximum absolute atomic E-state index is 12.2. The number of ether oxygens (including phenoxy) is 3. The Labute approximate surface area is 220 Å². The van der Waals surface area contributed by atoms with Crippen molar-refractivity contribution in [2.45, 2.75) is 40.2 Å². The van der Waals surface area contributed by atoms with E-state index in [4.69, 9.17) is 42.7 Å². The number of nitrogens with zero attached hydrogens (tertiary/aromatic N) is 5. The number of aliphatic hydroxyl groups is 1. The molecule has 0 fully saturated rings. The number of carbonyl (C=O) groups excluding carboxylic acids is 1. The van der Waals surface area contributed by atoms with Crippen molar-refractivity contribution in [2.75, 3.05) is 6.61 Å². The van der Waals surface area contributed by atoms with Gasteiger partial charge < -0.3 is 19.3 Å². The molecule has 13 nitrogen and oxygen atoms in total. The van der Waals surface area contributed by atoms with Gasteiger partial charge in [-0.1, -0.05) is 37.0 Å². The molecular weight excluding hydrogens is 531 g/mol. The Morgan fingerprint density at radius 3 is 2.49 bits per heavy atom. The highest BCUT2D eigenvalue weighted by atomic mass is 35.5. The van der Waals surface area contributed by atoms with Crippen LogP contribution < -0.4 is 16.0 Å². The molecule has 0 bridgehead atoms. The van der Waals surface area contributed by atoms with E-state index in [1.807, 2.05) is 18.8 Å². The van der Waals surface area contributed by atoms with Crippen LogP contribution in [0, 0.1) is 17.2 Å². The van der Waals surface area contributed by atoms with Crippen molar-refractivity contribution < 1.29 is 24.1 Å². The molecule has 1 aromatic heterocycles. The summed E-state index contributed by atoms with van der Waals surface area (Å²) in [6.07, 6.45) is -1.70. The van der Waals surface area contributed by atoms with Gasteiger partial charge in [0.2, 0.25) is 11.6 Å². The lowest BCUT2D eigenvalue weighted by molar-refractivity contribution is -0.0995. The average Bonchev–Trinajstić information content (AvgIpc) is 2.82. The molecule has 37 heavy (non-hydrogen) atoms. The number of aliphatic hydroxyl groups excluding tert-OH is 1. The number of nitriles is 1. The summed E-state index contributed by atoms with van der Waals surface area (Å²) in [7, 11) is 0. The second-order valence-electron chi connectivity index (χ2n) is 7.86. The van der Waals surface area contributed by atoms with Crippen LogP contribution in [0.15, 0.2) is 38.5 Å². The first kappa shape index (κ1) is 27.7. The molecule has 2 N–H and O–H groups in total. The van der Waals surface area contributed by atoms with Crippen LogP contribution in [-0.4, -0.2) is 56.0 Å². The number of hydrazone groups is 1. The van der Waals surface area contributed by atoms with Crippen molar-refractivity contribution >= 4 is 35.3 Å². The van der Waals surface area contributed by atoms with Gasteiger partial charge in [0, 0.05) is 6.08 Å². The SMILES string of the molecule is CCOC(=O)OC(C)N1N=C(Oc2c(Cl)cc(-n3nc(C#N)c(=O)[nH]c3=O)cc2Cl)C=C(C(C)C)C1O. The summed E-state index contributed by atoms with van der Waals surface area (Å²) in [4.78, 5) is 37.6. The van der Waals surface area contributed by atoms with Crippen LogP contribution in [0.4, 0.5) is 4.79 Å². The molecule has 0 saturated carbocycles. The van der Waals surface area contributed by atoms with Gasteiger partial charge in [-0.2, -0.15) is 9.94 Å². The number of hydrogen-bond donors (Lipinski definition) is 2. The zero-order valence-corrected chi connectivity index (χ0v) is 21.6. The first-order valence-corrected chi connectivity index (χ1v) is 11.6. The number of H-pyrrole nitrogens is 1. The van der Waals surface area contributed by atoms with Crippen molar-refractivity contribution in [3.05, 3.63) is 60.4 Å². The second kappa shape index (κ2) is 11.5. The van der Waals surface area contributed by atoms with Crippen LogP contribution in [0.25, 0.3) is 5.69 Å². The molecule has 0 aliphatic carbocycles. The fraction of sp³-hybridized carbons (Fsp3) is 0.364. The van der Waals surface area contributed by atoms with Crippen molar-refractivity contribution in [3.63, 3.8) is 0 Å². The molecular formula is C22H22Cl2N6O7. The second-order valence-corrected chi connectivity index (χ2v) is 8.68. The maximum Gasteiger partial charge on any atom is 0.510 e. The minimum absolute atomic E-state index is 0.0315. The van der Waals surface area contributed by atoms with Gasteiger partial charge in [0.1, 0.15) is 6.07 Å². The third kappa shape index (κ3) is 6.11. The topological polar surface area (TPSA) is 172 Å². The smallest absolute Gasteiger partial charge is 0.435 e. The molecule has 0 spiro atoms. The largest absolute Gasteiger partial charge is 0.510 e. The van der Waals surface area contributed by atoms with Crippen LogP contribution in [-0.2, 0) is 9.47 Å². The summed E-state index contributed by atoms with van der Waals surface area (Å²) in [6.45, 7) is 6.90. The minimum Gasteiger partial charge on any atom is -0.435 e. The van der Waals surface area contributed by atoms with Gasteiger partial charge in [-0.05, 0) is 37.5 Å². The molecule has 15 heteroatoms. The summed E-state index contributed by atoms with van der Waals surface area (Å²) in [5, 5.41) is 28.7.